The summed E-state index contributed by atoms with van der Waals surface area (Å²) < 4.78 is 6.23. The molecule has 3 heteroatoms. The second-order valence-electron chi connectivity index (χ2n) is 8.07. The van der Waals surface area contributed by atoms with Gasteiger partial charge in [-0.05, 0) is 37.6 Å². The summed E-state index contributed by atoms with van der Waals surface area (Å²) in [6.45, 7) is 5.25. The maximum atomic E-state index is 6.23. The van der Waals surface area contributed by atoms with E-state index in [0.29, 0.717) is 15.1 Å². The summed E-state index contributed by atoms with van der Waals surface area (Å²) in [5, 5.41) is 1.38. The molecule has 1 fully saturated rings. The van der Waals surface area contributed by atoms with Gasteiger partial charge in [-0.3, -0.25) is 4.90 Å². The van der Waals surface area contributed by atoms with Gasteiger partial charge < -0.3 is 4.74 Å². The summed E-state index contributed by atoms with van der Waals surface area (Å²) in [7, 11) is 2.81. The first-order valence-corrected chi connectivity index (χ1v) is 10.9. The van der Waals surface area contributed by atoms with Gasteiger partial charge in [-0.1, -0.05) is 90.1 Å². The largest absolute Gasteiger partial charge is 0.357 e. The van der Waals surface area contributed by atoms with E-state index in [0.717, 1.165) is 6.61 Å². The molecular formula is C25H27NOSi. The lowest BCUT2D eigenvalue weighted by Crippen LogP contribution is -2.39. The minimum Gasteiger partial charge on any atom is -0.357 e. The topological polar surface area (TPSA) is 12.5 Å². The molecule has 28 heavy (non-hydrogen) atoms. The second-order valence-corrected chi connectivity index (χ2v) is 9.48. The highest BCUT2D eigenvalue weighted by Crippen LogP contribution is 2.34. The Kier molecular flexibility index (Phi) is 5.49. The molecule has 142 valence electrons. The van der Waals surface area contributed by atoms with Crippen molar-refractivity contribution in [2.45, 2.75) is 31.2 Å². The molecular weight excluding hydrogens is 358 g/mol. The number of likely N-dealkylation sites (N-methyl/N-ethyl adjacent to an activating group) is 1. The zero-order valence-electron chi connectivity index (χ0n) is 16.8. The van der Waals surface area contributed by atoms with Crippen LogP contribution >= 0.6 is 0 Å². The van der Waals surface area contributed by atoms with Crippen molar-refractivity contribution < 1.29 is 4.74 Å². The first-order valence-electron chi connectivity index (χ1n) is 9.86. The molecule has 1 aliphatic rings. The molecule has 0 aliphatic carbocycles. The average Bonchev–Trinajstić information content (AvgIpc) is 3.00. The van der Waals surface area contributed by atoms with E-state index < -0.39 is 0 Å². The summed E-state index contributed by atoms with van der Waals surface area (Å²) in [5.74, 6) is 0. The van der Waals surface area contributed by atoms with E-state index in [9.17, 15) is 0 Å². The van der Waals surface area contributed by atoms with Crippen molar-refractivity contribution in [2.75, 3.05) is 13.7 Å². The van der Waals surface area contributed by atoms with Crippen LogP contribution in [0.3, 0.4) is 0 Å². The van der Waals surface area contributed by atoms with Crippen LogP contribution in [-0.4, -0.2) is 33.6 Å². The van der Waals surface area contributed by atoms with Crippen LogP contribution in [0, 0.1) is 0 Å². The van der Waals surface area contributed by atoms with Crippen molar-refractivity contribution in [2.24, 2.45) is 0 Å². The van der Waals surface area contributed by atoms with Crippen LogP contribution in [0.4, 0.5) is 0 Å². The van der Waals surface area contributed by atoms with Crippen molar-refractivity contribution in [1.29, 1.82) is 0 Å². The molecule has 0 N–H and O–H groups in total. The molecule has 3 aromatic rings. The molecule has 1 aliphatic heterocycles. The van der Waals surface area contributed by atoms with Crippen LogP contribution < -0.4 is 5.19 Å². The van der Waals surface area contributed by atoms with Crippen LogP contribution in [0.25, 0.3) is 0 Å². The van der Waals surface area contributed by atoms with Gasteiger partial charge >= 0.3 is 0 Å². The van der Waals surface area contributed by atoms with E-state index in [-0.39, 0.29) is 11.8 Å². The molecule has 1 saturated heterocycles. The molecule has 1 atom stereocenters. The lowest BCUT2D eigenvalue weighted by Gasteiger charge is -2.30. The molecule has 0 amide bonds. The third kappa shape index (κ3) is 3.83. The summed E-state index contributed by atoms with van der Waals surface area (Å²) in [6.07, 6.45) is 0.0193. The van der Waals surface area contributed by atoms with Gasteiger partial charge in [0.05, 0.1) is 16.1 Å². The molecule has 1 heterocycles. The standard InChI is InChI=1S/C25H27NOSi/c1-25(2)18-27-24(26(25)3)21-16-10-11-17-22(21)28-23(19-12-6-4-7-13-19)20-14-8-5-9-15-20/h4-17,23-24H,18H2,1-3H3. The average molecular weight is 386 g/mol. The smallest absolute Gasteiger partial charge is 0.137 e. The van der Waals surface area contributed by atoms with Crippen molar-refractivity contribution >= 4 is 14.7 Å². The van der Waals surface area contributed by atoms with Gasteiger partial charge in [-0.25, -0.2) is 0 Å². The Balaban J connectivity index is 1.71. The predicted molar refractivity (Wildman–Crippen MR) is 117 cm³/mol. The Morgan fingerprint density at radius 1 is 0.857 bits per heavy atom. The van der Waals surface area contributed by atoms with Gasteiger partial charge in [-0.15, -0.1) is 0 Å². The minimum atomic E-state index is 0.0193. The molecule has 4 rings (SSSR count). The van der Waals surface area contributed by atoms with Crippen molar-refractivity contribution in [1.82, 2.24) is 4.90 Å². The first-order chi connectivity index (χ1) is 13.6. The van der Waals surface area contributed by atoms with Gasteiger partial charge in [0, 0.05) is 11.1 Å². The van der Waals surface area contributed by atoms with Gasteiger partial charge in [-0.2, -0.15) is 0 Å². The number of nitrogens with zero attached hydrogens (tertiary/aromatic N) is 1. The zero-order valence-corrected chi connectivity index (χ0v) is 17.8. The van der Waals surface area contributed by atoms with Crippen LogP contribution in [0.2, 0.25) is 0 Å². The Morgan fingerprint density at radius 3 is 1.93 bits per heavy atom. The van der Waals surface area contributed by atoms with E-state index in [4.69, 9.17) is 4.74 Å². The maximum Gasteiger partial charge on any atom is 0.137 e. The zero-order chi connectivity index (χ0) is 19.6. The summed E-state index contributed by atoms with van der Waals surface area (Å²) in [5.41, 5.74) is 4.43. The second kappa shape index (κ2) is 8.04. The number of benzene rings is 3. The fourth-order valence-corrected chi connectivity index (χ4v) is 5.36. The molecule has 0 aromatic heterocycles. The lowest BCUT2D eigenvalue weighted by atomic mass is 10.0. The fourth-order valence-electron chi connectivity index (χ4n) is 3.76. The van der Waals surface area contributed by atoms with E-state index in [1.165, 1.54) is 21.9 Å². The SMILES string of the molecule is CN1C(c2ccccc2[Si]C(c2ccccc2)c2ccccc2)OCC1(C)C. The Morgan fingerprint density at radius 2 is 1.39 bits per heavy atom. The molecule has 0 saturated carbocycles. The Bertz CT molecular complexity index is 871. The highest BCUT2D eigenvalue weighted by molar-refractivity contribution is 6.56. The van der Waals surface area contributed by atoms with Gasteiger partial charge in [0.1, 0.15) is 6.23 Å². The summed E-state index contributed by atoms with van der Waals surface area (Å²) >= 11 is 0. The normalized spacial score (nSPS) is 19.2. The van der Waals surface area contributed by atoms with Crippen LogP contribution in [-0.2, 0) is 4.74 Å². The molecule has 0 spiro atoms. The van der Waals surface area contributed by atoms with Crippen LogP contribution in [0.1, 0.15) is 42.3 Å². The summed E-state index contributed by atoms with van der Waals surface area (Å²) in [4.78, 5) is 2.36. The maximum absolute atomic E-state index is 6.23. The van der Waals surface area contributed by atoms with Gasteiger partial charge in [0.15, 0.2) is 0 Å². The van der Waals surface area contributed by atoms with E-state index in [1.54, 1.807) is 0 Å². The van der Waals surface area contributed by atoms with Gasteiger partial charge in [0.25, 0.3) is 0 Å². The number of hydrogen-bond acceptors (Lipinski definition) is 2. The Hall–Kier alpha value is -2.20. The number of rotatable bonds is 5. The number of hydrogen-bond donors (Lipinski definition) is 0. The third-order valence-corrected chi connectivity index (χ3v) is 7.42. The molecule has 2 nitrogen and oxygen atoms in total. The molecule has 3 aromatic carbocycles. The first kappa shape index (κ1) is 19.1. The minimum absolute atomic E-state index is 0.0193. The molecule has 1 unspecified atom stereocenters. The fraction of sp³-hybridized carbons (Fsp3) is 0.280. The summed E-state index contributed by atoms with van der Waals surface area (Å²) in [6, 6.07) is 30.5. The van der Waals surface area contributed by atoms with Gasteiger partial charge in [0.2, 0.25) is 0 Å². The lowest BCUT2D eigenvalue weighted by molar-refractivity contribution is 0.0407. The van der Waals surface area contributed by atoms with E-state index >= 15 is 0 Å². The van der Waals surface area contributed by atoms with Crippen molar-refractivity contribution in [3.8, 4) is 0 Å². The van der Waals surface area contributed by atoms with Crippen LogP contribution in [0.5, 0.6) is 0 Å². The number of ether oxygens (including phenoxy) is 1. The molecule has 0 bridgehead atoms. The predicted octanol–water partition coefficient (Wildman–Crippen LogP) is 4.54. The molecule has 2 radical (unpaired) electrons. The highest BCUT2D eigenvalue weighted by atomic mass is 28.2. The van der Waals surface area contributed by atoms with E-state index in [1.807, 2.05) is 0 Å². The Labute approximate surface area is 171 Å². The highest BCUT2D eigenvalue weighted by Gasteiger charge is 2.39. The third-order valence-electron chi connectivity index (χ3n) is 5.69. The van der Waals surface area contributed by atoms with Crippen LogP contribution in [0.15, 0.2) is 84.9 Å². The monoisotopic (exact) mass is 385 g/mol. The van der Waals surface area contributed by atoms with Crippen molar-refractivity contribution in [3.63, 3.8) is 0 Å². The quantitative estimate of drug-likeness (QED) is 0.598. The van der Waals surface area contributed by atoms with Crippen molar-refractivity contribution in [3.05, 3.63) is 102 Å². The van der Waals surface area contributed by atoms with E-state index in [2.05, 4.69) is 111 Å².